The Labute approximate surface area is 75.7 Å². The smallest absolute Gasteiger partial charge is 0.0500 e. The summed E-state index contributed by atoms with van der Waals surface area (Å²) in [6.45, 7) is 5.87. The summed E-state index contributed by atoms with van der Waals surface area (Å²) < 4.78 is 0. The molecule has 0 atom stereocenters. The Balaban J connectivity index is 2.24. The van der Waals surface area contributed by atoms with Crippen molar-refractivity contribution in [3.63, 3.8) is 0 Å². The molecular formula is C9H21N3. The molecule has 0 unspecified atom stereocenters. The van der Waals surface area contributed by atoms with Crippen molar-refractivity contribution < 1.29 is 0 Å². The van der Waals surface area contributed by atoms with E-state index in [1.807, 2.05) is 0 Å². The van der Waals surface area contributed by atoms with E-state index in [4.69, 9.17) is 0 Å². The van der Waals surface area contributed by atoms with Gasteiger partial charge in [0.2, 0.25) is 0 Å². The van der Waals surface area contributed by atoms with Gasteiger partial charge >= 0.3 is 0 Å². The maximum absolute atomic E-state index is 3.44. The van der Waals surface area contributed by atoms with Crippen LogP contribution in [-0.2, 0) is 0 Å². The third-order valence-corrected chi connectivity index (χ3v) is 2.27. The molecule has 3 heteroatoms. The predicted octanol–water partition coefficient (Wildman–Crippen LogP) is 0.191. The summed E-state index contributed by atoms with van der Waals surface area (Å²) in [5.41, 5.74) is 0. The molecule has 0 amide bonds. The molecule has 72 valence electrons. The first-order chi connectivity index (χ1) is 5.79. The Morgan fingerprint density at radius 3 is 1.92 bits per heavy atom. The molecule has 0 spiro atoms. The first-order valence-corrected chi connectivity index (χ1v) is 4.87. The summed E-state index contributed by atoms with van der Waals surface area (Å²) in [5, 5.41) is 3.44. The lowest BCUT2D eigenvalue weighted by atomic mass is 10.3. The van der Waals surface area contributed by atoms with Crippen molar-refractivity contribution in [3.05, 3.63) is 0 Å². The number of hydrogen-bond donors (Lipinski definition) is 1. The summed E-state index contributed by atoms with van der Waals surface area (Å²) in [6.07, 6.45) is 2.54. The standard InChI is InChI=1S/C9H21N3/c1-11-7-3-5-10-6-4-8-12(2)9-11/h10H,3-9H2,1-2H3. The van der Waals surface area contributed by atoms with Crippen molar-refractivity contribution in [2.45, 2.75) is 12.8 Å². The van der Waals surface area contributed by atoms with Crippen LogP contribution < -0.4 is 5.32 Å². The van der Waals surface area contributed by atoms with Gasteiger partial charge in [0.15, 0.2) is 0 Å². The van der Waals surface area contributed by atoms with Gasteiger partial charge in [0.25, 0.3) is 0 Å². The molecule has 0 bridgehead atoms. The molecule has 0 aromatic rings. The zero-order chi connectivity index (χ0) is 8.81. The normalized spacial score (nSPS) is 25.5. The highest BCUT2D eigenvalue weighted by Gasteiger charge is 2.04. The van der Waals surface area contributed by atoms with E-state index in [0.29, 0.717) is 0 Å². The zero-order valence-electron chi connectivity index (χ0n) is 8.34. The van der Waals surface area contributed by atoms with Gasteiger partial charge in [-0.15, -0.1) is 0 Å². The van der Waals surface area contributed by atoms with E-state index in [1.54, 1.807) is 0 Å². The van der Waals surface area contributed by atoms with Crippen LogP contribution in [0, 0.1) is 0 Å². The van der Waals surface area contributed by atoms with Crippen LogP contribution in [0.1, 0.15) is 12.8 Å². The zero-order valence-corrected chi connectivity index (χ0v) is 8.34. The highest BCUT2D eigenvalue weighted by molar-refractivity contribution is 4.59. The van der Waals surface area contributed by atoms with Crippen molar-refractivity contribution in [2.75, 3.05) is 46.9 Å². The molecule has 0 aromatic heterocycles. The maximum Gasteiger partial charge on any atom is 0.0500 e. The molecule has 12 heavy (non-hydrogen) atoms. The van der Waals surface area contributed by atoms with E-state index in [2.05, 4.69) is 29.2 Å². The number of nitrogens with zero attached hydrogens (tertiary/aromatic N) is 2. The Kier molecular flexibility index (Phi) is 4.58. The summed E-state index contributed by atoms with van der Waals surface area (Å²) in [6, 6.07) is 0. The van der Waals surface area contributed by atoms with Gasteiger partial charge in [-0.2, -0.15) is 0 Å². The lowest BCUT2D eigenvalue weighted by Gasteiger charge is -2.25. The highest BCUT2D eigenvalue weighted by Crippen LogP contribution is 1.94. The summed E-state index contributed by atoms with van der Waals surface area (Å²) >= 11 is 0. The molecule has 3 nitrogen and oxygen atoms in total. The second-order valence-corrected chi connectivity index (χ2v) is 3.76. The molecular weight excluding hydrogens is 150 g/mol. The third-order valence-electron chi connectivity index (χ3n) is 2.27. The molecule has 1 N–H and O–H groups in total. The highest BCUT2D eigenvalue weighted by atomic mass is 15.3. The number of hydrogen-bond acceptors (Lipinski definition) is 3. The lowest BCUT2D eigenvalue weighted by Crippen LogP contribution is -2.37. The van der Waals surface area contributed by atoms with E-state index in [-0.39, 0.29) is 0 Å². The summed E-state index contributed by atoms with van der Waals surface area (Å²) in [5.74, 6) is 0. The number of nitrogens with one attached hydrogen (secondary N) is 1. The molecule has 1 saturated heterocycles. The van der Waals surface area contributed by atoms with Crippen LogP contribution in [0.2, 0.25) is 0 Å². The molecule has 1 aliphatic rings. The minimum atomic E-state index is 1.11. The summed E-state index contributed by atoms with van der Waals surface area (Å²) in [4.78, 5) is 4.76. The van der Waals surface area contributed by atoms with Gasteiger partial charge in [0, 0.05) is 13.1 Å². The van der Waals surface area contributed by atoms with Crippen molar-refractivity contribution in [1.29, 1.82) is 0 Å². The van der Waals surface area contributed by atoms with Crippen molar-refractivity contribution in [2.24, 2.45) is 0 Å². The van der Waals surface area contributed by atoms with Gasteiger partial charge in [0.05, 0.1) is 6.67 Å². The van der Waals surface area contributed by atoms with Crippen LogP contribution in [-0.4, -0.2) is 56.7 Å². The van der Waals surface area contributed by atoms with E-state index in [1.165, 1.54) is 39.0 Å². The summed E-state index contributed by atoms with van der Waals surface area (Å²) in [7, 11) is 4.39. The fraction of sp³-hybridized carbons (Fsp3) is 1.00. The van der Waals surface area contributed by atoms with E-state index < -0.39 is 0 Å². The second-order valence-electron chi connectivity index (χ2n) is 3.76. The van der Waals surface area contributed by atoms with E-state index >= 15 is 0 Å². The molecule has 0 aromatic carbocycles. The number of rotatable bonds is 0. The molecule has 1 aliphatic heterocycles. The minimum absolute atomic E-state index is 1.11. The van der Waals surface area contributed by atoms with Crippen molar-refractivity contribution in [1.82, 2.24) is 15.1 Å². The molecule has 1 heterocycles. The van der Waals surface area contributed by atoms with Gasteiger partial charge in [-0.3, -0.25) is 9.80 Å². The van der Waals surface area contributed by atoms with Crippen LogP contribution in [0.3, 0.4) is 0 Å². The third kappa shape index (κ3) is 4.04. The SMILES string of the molecule is CN1CCCNCCCN(C)C1. The molecule has 1 rings (SSSR count). The minimum Gasteiger partial charge on any atom is -0.317 e. The second kappa shape index (κ2) is 5.51. The molecule has 0 radical (unpaired) electrons. The molecule has 0 aliphatic carbocycles. The Morgan fingerprint density at radius 1 is 0.917 bits per heavy atom. The van der Waals surface area contributed by atoms with Gasteiger partial charge in [-0.25, -0.2) is 0 Å². The van der Waals surface area contributed by atoms with Crippen molar-refractivity contribution in [3.8, 4) is 0 Å². The van der Waals surface area contributed by atoms with Crippen LogP contribution in [0.4, 0.5) is 0 Å². The average molecular weight is 171 g/mol. The van der Waals surface area contributed by atoms with E-state index in [0.717, 1.165) is 6.67 Å². The van der Waals surface area contributed by atoms with Crippen LogP contribution in [0.15, 0.2) is 0 Å². The Hall–Kier alpha value is -0.120. The first kappa shape index (κ1) is 9.96. The van der Waals surface area contributed by atoms with E-state index in [9.17, 15) is 0 Å². The van der Waals surface area contributed by atoms with Gasteiger partial charge in [0.1, 0.15) is 0 Å². The predicted molar refractivity (Wildman–Crippen MR) is 52.2 cm³/mol. The average Bonchev–Trinajstić information content (AvgIpc) is 2.02. The van der Waals surface area contributed by atoms with Crippen LogP contribution in [0.5, 0.6) is 0 Å². The van der Waals surface area contributed by atoms with Crippen molar-refractivity contribution >= 4 is 0 Å². The Morgan fingerprint density at radius 2 is 1.42 bits per heavy atom. The largest absolute Gasteiger partial charge is 0.317 e. The molecule has 0 saturated carbocycles. The van der Waals surface area contributed by atoms with Crippen LogP contribution in [0.25, 0.3) is 0 Å². The topological polar surface area (TPSA) is 18.5 Å². The molecule has 1 fully saturated rings. The van der Waals surface area contributed by atoms with Crippen LogP contribution >= 0.6 is 0 Å². The van der Waals surface area contributed by atoms with Gasteiger partial charge < -0.3 is 5.32 Å². The fourth-order valence-corrected chi connectivity index (χ4v) is 1.63. The monoisotopic (exact) mass is 171 g/mol. The fourth-order valence-electron chi connectivity index (χ4n) is 1.63. The quantitative estimate of drug-likeness (QED) is 0.561. The first-order valence-electron chi connectivity index (χ1n) is 4.87. The van der Waals surface area contributed by atoms with Gasteiger partial charge in [-0.05, 0) is 40.0 Å². The maximum atomic E-state index is 3.44. The van der Waals surface area contributed by atoms with Gasteiger partial charge in [-0.1, -0.05) is 0 Å². The lowest BCUT2D eigenvalue weighted by molar-refractivity contribution is 0.175. The Bertz CT molecular complexity index is 104.